The van der Waals surface area contributed by atoms with Crippen molar-refractivity contribution in [2.75, 3.05) is 5.32 Å². The summed E-state index contributed by atoms with van der Waals surface area (Å²) >= 11 is 5.76. The lowest BCUT2D eigenvalue weighted by Crippen LogP contribution is -2.30. The van der Waals surface area contributed by atoms with Crippen molar-refractivity contribution >= 4 is 35.0 Å². The number of hydrogen-bond acceptors (Lipinski definition) is 6. The minimum atomic E-state index is -4.64. The standard InChI is InChI=1S/C15H10ClF3N2O6/c1-7(26-14(23)11-4-5-12(27-11)21(24)25)13(22)20-10-6-8(15(17,18)19)2-3-9(10)16/h2-7H,1H3,(H,20,22). The maximum absolute atomic E-state index is 12.7. The first kappa shape index (κ1) is 20.2. The second-order valence-corrected chi connectivity index (χ2v) is 5.53. The van der Waals surface area contributed by atoms with E-state index in [4.69, 9.17) is 16.3 Å². The number of benzene rings is 1. The van der Waals surface area contributed by atoms with E-state index in [0.717, 1.165) is 31.2 Å². The van der Waals surface area contributed by atoms with Gasteiger partial charge in [-0.05, 0) is 31.2 Å². The molecule has 1 atom stereocenters. The average molecular weight is 407 g/mol. The van der Waals surface area contributed by atoms with E-state index in [1.54, 1.807) is 0 Å². The molecule has 0 spiro atoms. The number of furan rings is 1. The van der Waals surface area contributed by atoms with Gasteiger partial charge in [-0.1, -0.05) is 11.6 Å². The molecule has 1 aromatic heterocycles. The number of carbonyl (C=O) groups excluding carboxylic acids is 2. The van der Waals surface area contributed by atoms with E-state index in [1.807, 2.05) is 0 Å². The van der Waals surface area contributed by atoms with Crippen LogP contribution in [-0.2, 0) is 15.7 Å². The fourth-order valence-electron chi connectivity index (χ4n) is 1.84. The predicted molar refractivity (Wildman–Crippen MR) is 85.3 cm³/mol. The van der Waals surface area contributed by atoms with Crippen LogP contribution < -0.4 is 5.32 Å². The number of halogens is 4. The van der Waals surface area contributed by atoms with Crippen molar-refractivity contribution in [3.63, 3.8) is 0 Å². The molecule has 12 heteroatoms. The molecule has 0 aliphatic carbocycles. The third-order valence-electron chi connectivity index (χ3n) is 3.18. The largest absolute Gasteiger partial charge is 0.447 e. The summed E-state index contributed by atoms with van der Waals surface area (Å²) in [5, 5.41) is 12.5. The molecule has 0 radical (unpaired) electrons. The van der Waals surface area contributed by atoms with E-state index in [0.29, 0.717) is 6.07 Å². The van der Waals surface area contributed by atoms with Crippen LogP contribution in [0.5, 0.6) is 0 Å². The maximum Gasteiger partial charge on any atom is 0.433 e. The lowest BCUT2D eigenvalue weighted by molar-refractivity contribution is -0.402. The summed E-state index contributed by atoms with van der Waals surface area (Å²) in [4.78, 5) is 33.5. The number of amides is 1. The number of ether oxygens (including phenoxy) is 1. The smallest absolute Gasteiger partial charge is 0.433 e. The average Bonchev–Trinajstić information content (AvgIpc) is 3.06. The van der Waals surface area contributed by atoms with Gasteiger partial charge in [-0.15, -0.1) is 0 Å². The van der Waals surface area contributed by atoms with E-state index in [1.165, 1.54) is 0 Å². The molecule has 1 amide bonds. The Morgan fingerprint density at radius 2 is 1.96 bits per heavy atom. The van der Waals surface area contributed by atoms with Gasteiger partial charge in [0.05, 0.1) is 22.3 Å². The Morgan fingerprint density at radius 1 is 1.30 bits per heavy atom. The molecule has 1 heterocycles. The number of alkyl halides is 3. The van der Waals surface area contributed by atoms with E-state index in [9.17, 15) is 32.9 Å². The van der Waals surface area contributed by atoms with Crippen LogP contribution in [0.3, 0.4) is 0 Å². The highest BCUT2D eigenvalue weighted by Crippen LogP contribution is 2.33. The van der Waals surface area contributed by atoms with E-state index >= 15 is 0 Å². The summed E-state index contributed by atoms with van der Waals surface area (Å²) in [6.45, 7) is 1.14. The van der Waals surface area contributed by atoms with Gasteiger partial charge in [0.15, 0.2) is 6.10 Å². The second kappa shape index (κ2) is 7.66. The van der Waals surface area contributed by atoms with Crippen LogP contribution in [0.25, 0.3) is 0 Å². The number of nitro groups is 1. The molecule has 0 aliphatic heterocycles. The zero-order valence-electron chi connectivity index (χ0n) is 13.4. The Balaban J connectivity index is 2.07. The maximum atomic E-state index is 12.7. The fraction of sp³-hybridized carbons (Fsp3) is 0.200. The van der Waals surface area contributed by atoms with Crippen LogP contribution in [0, 0.1) is 10.1 Å². The number of hydrogen-bond donors (Lipinski definition) is 1. The minimum Gasteiger partial charge on any atom is -0.447 e. The summed E-state index contributed by atoms with van der Waals surface area (Å²) in [7, 11) is 0. The molecule has 0 aliphatic rings. The number of nitrogens with zero attached hydrogens (tertiary/aromatic N) is 1. The molecule has 1 N–H and O–H groups in total. The van der Waals surface area contributed by atoms with Crippen LogP contribution in [0.2, 0.25) is 5.02 Å². The monoisotopic (exact) mass is 406 g/mol. The summed E-state index contributed by atoms with van der Waals surface area (Å²) in [5.74, 6) is -3.35. The van der Waals surface area contributed by atoms with Crippen molar-refractivity contribution in [1.82, 2.24) is 0 Å². The number of rotatable bonds is 5. The van der Waals surface area contributed by atoms with E-state index in [2.05, 4.69) is 9.73 Å². The van der Waals surface area contributed by atoms with Gasteiger partial charge in [-0.2, -0.15) is 13.2 Å². The fourth-order valence-corrected chi connectivity index (χ4v) is 2.00. The van der Waals surface area contributed by atoms with Crippen molar-refractivity contribution in [3.8, 4) is 0 Å². The van der Waals surface area contributed by atoms with Gasteiger partial charge in [0.25, 0.3) is 5.91 Å². The molecule has 144 valence electrons. The van der Waals surface area contributed by atoms with Gasteiger partial charge in [-0.25, -0.2) is 4.79 Å². The highest BCUT2D eigenvalue weighted by molar-refractivity contribution is 6.33. The SMILES string of the molecule is CC(OC(=O)c1ccc([N+](=O)[O-])o1)C(=O)Nc1cc(C(F)(F)F)ccc1Cl. The van der Waals surface area contributed by atoms with Gasteiger partial charge in [0.1, 0.15) is 4.92 Å². The van der Waals surface area contributed by atoms with Crippen molar-refractivity contribution in [2.24, 2.45) is 0 Å². The predicted octanol–water partition coefficient (Wildman–Crippen LogP) is 4.04. The Morgan fingerprint density at radius 3 is 2.52 bits per heavy atom. The highest BCUT2D eigenvalue weighted by atomic mass is 35.5. The molecule has 0 saturated carbocycles. The summed E-state index contributed by atoms with van der Waals surface area (Å²) in [5.41, 5.74) is -1.36. The number of anilines is 1. The Labute approximate surface area is 154 Å². The van der Waals surface area contributed by atoms with Crippen molar-refractivity contribution in [2.45, 2.75) is 19.2 Å². The van der Waals surface area contributed by atoms with Gasteiger partial charge < -0.3 is 14.5 Å². The minimum absolute atomic E-state index is 0.156. The van der Waals surface area contributed by atoms with Gasteiger partial charge in [0.2, 0.25) is 5.76 Å². The highest BCUT2D eigenvalue weighted by Gasteiger charge is 2.31. The molecule has 1 unspecified atom stereocenters. The van der Waals surface area contributed by atoms with E-state index < -0.39 is 46.3 Å². The van der Waals surface area contributed by atoms with Crippen LogP contribution >= 0.6 is 11.6 Å². The lowest BCUT2D eigenvalue weighted by Gasteiger charge is -2.15. The summed E-state index contributed by atoms with van der Waals surface area (Å²) in [6.07, 6.45) is -6.09. The third-order valence-corrected chi connectivity index (χ3v) is 3.51. The van der Waals surface area contributed by atoms with Gasteiger partial charge in [0, 0.05) is 0 Å². The van der Waals surface area contributed by atoms with Crippen LogP contribution in [-0.4, -0.2) is 22.9 Å². The zero-order valence-corrected chi connectivity index (χ0v) is 14.1. The van der Waals surface area contributed by atoms with Crippen molar-refractivity contribution in [3.05, 3.63) is 56.8 Å². The summed E-state index contributed by atoms with van der Waals surface area (Å²) < 4.78 is 47.6. The van der Waals surface area contributed by atoms with E-state index in [-0.39, 0.29) is 10.7 Å². The van der Waals surface area contributed by atoms with Crippen LogP contribution in [0.1, 0.15) is 23.0 Å². The first-order valence-electron chi connectivity index (χ1n) is 7.12. The van der Waals surface area contributed by atoms with Gasteiger partial charge in [-0.3, -0.25) is 14.9 Å². The van der Waals surface area contributed by atoms with Crippen molar-refractivity contribution < 1.29 is 36.8 Å². The normalized spacial score (nSPS) is 12.3. The molecule has 0 bridgehead atoms. The molecule has 1 aromatic carbocycles. The lowest BCUT2D eigenvalue weighted by atomic mass is 10.2. The first-order valence-corrected chi connectivity index (χ1v) is 7.49. The van der Waals surface area contributed by atoms with Gasteiger partial charge >= 0.3 is 18.0 Å². The molecule has 0 saturated heterocycles. The molecule has 27 heavy (non-hydrogen) atoms. The number of nitrogens with one attached hydrogen (secondary N) is 1. The Hall–Kier alpha value is -3.08. The zero-order chi connectivity index (χ0) is 20.4. The molecule has 2 aromatic rings. The Kier molecular flexibility index (Phi) is 5.74. The Bertz CT molecular complexity index is 896. The third kappa shape index (κ3) is 4.97. The van der Waals surface area contributed by atoms with Crippen LogP contribution in [0.4, 0.5) is 24.7 Å². The first-order chi connectivity index (χ1) is 12.5. The molecule has 2 rings (SSSR count). The quantitative estimate of drug-likeness (QED) is 0.455. The summed E-state index contributed by atoms with van der Waals surface area (Å²) in [6, 6.07) is 4.23. The topological polar surface area (TPSA) is 112 Å². The van der Waals surface area contributed by atoms with Crippen LogP contribution in [0.15, 0.2) is 34.7 Å². The molecule has 0 fully saturated rings. The molecular weight excluding hydrogens is 397 g/mol. The van der Waals surface area contributed by atoms with Crippen molar-refractivity contribution in [1.29, 1.82) is 0 Å². The second-order valence-electron chi connectivity index (χ2n) is 5.12. The molecule has 8 nitrogen and oxygen atoms in total. The number of carbonyl (C=O) groups is 2. The number of esters is 1. The molecular formula is C15H10ClF3N2O6.